The van der Waals surface area contributed by atoms with E-state index >= 15 is 0 Å². The first kappa shape index (κ1) is 32.4. The van der Waals surface area contributed by atoms with Gasteiger partial charge in [0.25, 0.3) is 0 Å². The summed E-state index contributed by atoms with van der Waals surface area (Å²) in [5.74, 6) is 1.53. The topological polar surface area (TPSA) is 41.7 Å². The first-order chi connectivity index (χ1) is 27.3. The molecule has 0 fully saturated rings. The number of aliphatic imine (C=N–C) groups is 2. The van der Waals surface area contributed by atoms with E-state index in [0.29, 0.717) is 0 Å². The number of aromatic nitrogens is 1. The van der Waals surface area contributed by atoms with Crippen LogP contribution in [0.5, 0.6) is 0 Å². The predicted molar refractivity (Wildman–Crippen MR) is 229 cm³/mol. The number of rotatable bonds is 7. The predicted octanol–water partition coefficient (Wildman–Crippen LogP) is 12.3. The standard InChI is InChI=1S/C51H36N4/c1-5-16-36(17-6-1)44-27-14-28-45-47-43(26-15-29-46(47)55(48(44)45)42-24-11-4-12-25-42)37-32-30-35(31-33-37)40-22-13-23-41(34-40)51-53-49(38-18-7-2-8-19-38)52-50(54-51)39-20-9-3-10-21-39/h1-34,51H,(H,52,53,54). The largest absolute Gasteiger partial charge is 0.344 e. The Labute approximate surface area is 320 Å². The number of benzene rings is 8. The summed E-state index contributed by atoms with van der Waals surface area (Å²) in [5, 5.41) is 6.10. The van der Waals surface area contributed by atoms with Gasteiger partial charge in [-0.2, -0.15) is 0 Å². The van der Waals surface area contributed by atoms with Crippen molar-refractivity contribution in [3.05, 3.63) is 223 Å². The molecule has 9 aromatic rings. The van der Waals surface area contributed by atoms with Gasteiger partial charge in [-0.05, 0) is 57.6 Å². The molecule has 10 rings (SSSR count). The molecule has 1 atom stereocenters. The molecule has 1 aliphatic heterocycles. The second-order valence-corrected chi connectivity index (χ2v) is 13.8. The third kappa shape index (κ3) is 6.00. The molecule has 0 radical (unpaired) electrons. The van der Waals surface area contributed by atoms with E-state index in [9.17, 15) is 0 Å². The summed E-state index contributed by atoms with van der Waals surface area (Å²) in [6, 6.07) is 72.9. The van der Waals surface area contributed by atoms with E-state index in [1.54, 1.807) is 0 Å². The molecule has 4 nitrogen and oxygen atoms in total. The van der Waals surface area contributed by atoms with Crippen LogP contribution >= 0.6 is 0 Å². The summed E-state index contributed by atoms with van der Waals surface area (Å²) in [6.45, 7) is 0. The fourth-order valence-corrected chi connectivity index (χ4v) is 7.86. The lowest BCUT2D eigenvalue weighted by atomic mass is 9.95. The van der Waals surface area contributed by atoms with Crippen molar-refractivity contribution in [3.8, 4) is 39.1 Å². The molecule has 260 valence electrons. The van der Waals surface area contributed by atoms with Crippen molar-refractivity contribution in [2.45, 2.75) is 6.17 Å². The van der Waals surface area contributed by atoms with E-state index in [1.807, 2.05) is 36.4 Å². The van der Waals surface area contributed by atoms with E-state index in [-0.39, 0.29) is 6.17 Å². The number of hydrogen-bond acceptors (Lipinski definition) is 3. The lowest BCUT2D eigenvalue weighted by Gasteiger charge is -2.24. The summed E-state index contributed by atoms with van der Waals surface area (Å²) in [5.41, 5.74) is 13.7. The van der Waals surface area contributed by atoms with Gasteiger partial charge in [-0.1, -0.05) is 182 Å². The molecule has 0 spiro atoms. The van der Waals surface area contributed by atoms with Crippen LogP contribution in [-0.4, -0.2) is 16.2 Å². The highest BCUT2D eigenvalue weighted by molar-refractivity contribution is 6.19. The van der Waals surface area contributed by atoms with Crippen LogP contribution in [0.15, 0.2) is 216 Å². The van der Waals surface area contributed by atoms with Crippen molar-refractivity contribution in [2.24, 2.45) is 9.98 Å². The Kier molecular flexibility index (Phi) is 8.19. The summed E-state index contributed by atoms with van der Waals surface area (Å²) in [7, 11) is 0. The first-order valence-corrected chi connectivity index (χ1v) is 18.7. The molecule has 1 aliphatic rings. The van der Waals surface area contributed by atoms with Gasteiger partial charge in [-0.25, -0.2) is 9.98 Å². The summed E-state index contributed by atoms with van der Waals surface area (Å²) in [6.07, 6.45) is -0.289. The van der Waals surface area contributed by atoms with Gasteiger partial charge in [0.1, 0.15) is 12.0 Å². The van der Waals surface area contributed by atoms with E-state index in [1.165, 1.54) is 44.1 Å². The summed E-state index contributed by atoms with van der Waals surface area (Å²) in [4.78, 5) is 10.1. The lowest BCUT2D eigenvalue weighted by Crippen LogP contribution is -2.33. The third-order valence-corrected chi connectivity index (χ3v) is 10.5. The minimum absolute atomic E-state index is 0.289. The monoisotopic (exact) mass is 704 g/mol. The van der Waals surface area contributed by atoms with Gasteiger partial charge in [-0.3, -0.25) is 0 Å². The van der Waals surface area contributed by atoms with Gasteiger partial charge in [-0.15, -0.1) is 0 Å². The molecule has 4 heteroatoms. The highest BCUT2D eigenvalue weighted by Crippen LogP contribution is 2.42. The molecule has 0 saturated heterocycles. The highest BCUT2D eigenvalue weighted by Gasteiger charge is 2.22. The molecular weight excluding hydrogens is 669 g/mol. The quantitative estimate of drug-likeness (QED) is 0.176. The van der Waals surface area contributed by atoms with Gasteiger partial charge >= 0.3 is 0 Å². The van der Waals surface area contributed by atoms with Crippen LogP contribution in [0.25, 0.3) is 60.9 Å². The maximum absolute atomic E-state index is 5.11. The van der Waals surface area contributed by atoms with Crippen LogP contribution in [0.1, 0.15) is 22.9 Å². The lowest BCUT2D eigenvalue weighted by molar-refractivity contribution is 0.674. The van der Waals surface area contributed by atoms with Crippen molar-refractivity contribution < 1.29 is 0 Å². The molecule has 0 aliphatic carbocycles. The van der Waals surface area contributed by atoms with Crippen LogP contribution in [-0.2, 0) is 0 Å². The van der Waals surface area contributed by atoms with Gasteiger partial charge in [0, 0.05) is 33.2 Å². The number of hydrogen-bond donors (Lipinski definition) is 1. The first-order valence-electron chi connectivity index (χ1n) is 18.7. The molecule has 55 heavy (non-hydrogen) atoms. The molecule has 1 aromatic heterocycles. The van der Waals surface area contributed by atoms with Crippen LogP contribution in [0.2, 0.25) is 0 Å². The number of para-hydroxylation sites is 2. The number of amidine groups is 2. The Hall–Kier alpha value is -7.30. The van der Waals surface area contributed by atoms with Crippen LogP contribution < -0.4 is 5.32 Å². The van der Waals surface area contributed by atoms with Crippen molar-refractivity contribution in [3.63, 3.8) is 0 Å². The molecular formula is C51H36N4. The zero-order valence-electron chi connectivity index (χ0n) is 30.0. The maximum Gasteiger partial charge on any atom is 0.159 e. The zero-order chi connectivity index (χ0) is 36.6. The van der Waals surface area contributed by atoms with E-state index < -0.39 is 0 Å². The van der Waals surface area contributed by atoms with E-state index in [4.69, 9.17) is 9.98 Å². The molecule has 0 amide bonds. The van der Waals surface area contributed by atoms with Crippen molar-refractivity contribution in [2.75, 3.05) is 0 Å². The van der Waals surface area contributed by atoms with Crippen molar-refractivity contribution in [1.29, 1.82) is 0 Å². The van der Waals surface area contributed by atoms with Gasteiger partial charge in [0.15, 0.2) is 5.84 Å². The minimum atomic E-state index is -0.289. The minimum Gasteiger partial charge on any atom is -0.344 e. The highest BCUT2D eigenvalue weighted by atomic mass is 15.2. The van der Waals surface area contributed by atoms with E-state index in [0.717, 1.165) is 45.2 Å². The van der Waals surface area contributed by atoms with E-state index in [2.05, 4.69) is 180 Å². The van der Waals surface area contributed by atoms with Gasteiger partial charge in [0.2, 0.25) is 0 Å². The van der Waals surface area contributed by atoms with Gasteiger partial charge in [0.05, 0.1) is 11.0 Å². The second kappa shape index (κ2) is 13.9. The maximum atomic E-state index is 5.11. The fraction of sp³-hybridized carbons (Fsp3) is 0.0196. The average Bonchev–Trinajstić information content (AvgIpc) is 3.62. The smallest absolute Gasteiger partial charge is 0.159 e. The molecule has 0 bridgehead atoms. The molecule has 1 unspecified atom stereocenters. The number of fused-ring (bicyclic) bond motifs is 3. The third-order valence-electron chi connectivity index (χ3n) is 10.5. The zero-order valence-corrected chi connectivity index (χ0v) is 30.0. The van der Waals surface area contributed by atoms with Crippen molar-refractivity contribution >= 4 is 33.5 Å². The SMILES string of the molecule is c1ccc(C2=NC(c3cccc(-c4ccc(-c5cccc6c5c5cccc(-c7ccccc7)c5n6-c5ccccc5)cc4)c3)NC(c3ccccc3)=N2)cc1. The van der Waals surface area contributed by atoms with Crippen LogP contribution in [0.3, 0.4) is 0 Å². The van der Waals surface area contributed by atoms with Crippen LogP contribution in [0.4, 0.5) is 0 Å². The normalized spacial score (nSPS) is 14.0. The fourth-order valence-electron chi connectivity index (χ4n) is 7.86. The summed E-state index contributed by atoms with van der Waals surface area (Å²) < 4.78 is 2.43. The Bertz CT molecular complexity index is 2860. The summed E-state index contributed by atoms with van der Waals surface area (Å²) >= 11 is 0. The molecule has 2 heterocycles. The second-order valence-electron chi connectivity index (χ2n) is 13.8. The Balaban J connectivity index is 1.04. The Morgan fingerprint density at radius 2 is 1.00 bits per heavy atom. The Morgan fingerprint density at radius 1 is 0.436 bits per heavy atom. The molecule has 0 saturated carbocycles. The van der Waals surface area contributed by atoms with Gasteiger partial charge < -0.3 is 9.88 Å². The number of nitrogens with zero attached hydrogens (tertiary/aromatic N) is 3. The Morgan fingerprint density at radius 3 is 1.73 bits per heavy atom. The average molecular weight is 705 g/mol. The molecule has 1 N–H and O–H groups in total. The molecule has 8 aromatic carbocycles. The van der Waals surface area contributed by atoms with Crippen molar-refractivity contribution in [1.82, 2.24) is 9.88 Å². The number of nitrogens with one attached hydrogen (secondary N) is 1. The van der Waals surface area contributed by atoms with Crippen LogP contribution in [0, 0.1) is 0 Å².